The zero-order valence-electron chi connectivity index (χ0n) is 8.73. The largest absolute Gasteiger partial charge is 0.548 e. The van der Waals surface area contributed by atoms with Gasteiger partial charge in [-0.1, -0.05) is 6.07 Å². The molecule has 0 saturated carbocycles. The number of hydrogen-bond acceptors (Lipinski definition) is 6. The van der Waals surface area contributed by atoms with Gasteiger partial charge in [0.1, 0.15) is 0 Å². The Balaban J connectivity index is 2.95. The number of carboxylic acids is 1. The molecule has 1 aromatic rings. The van der Waals surface area contributed by atoms with Gasteiger partial charge in [-0.2, -0.15) is 0 Å². The number of rotatable bonds is 4. The standard InChI is InChI=1S/C10H14N2O4/c1-10(12-11,9(15)16)5-6-2-3-7(13)8(14)4-6/h2-4,12-14H,5,11H2,1H3,(H,15,16)/p-1/t10-/m0/s1. The first-order chi connectivity index (χ1) is 7.39. The summed E-state index contributed by atoms with van der Waals surface area (Å²) in [7, 11) is 0. The number of hydrogen-bond donors (Lipinski definition) is 4. The third-order valence-corrected chi connectivity index (χ3v) is 2.37. The van der Waals surface area contributed by atoms with Crippen LogP contribution < -0.4 is 16.4 Å². The van der Waals surface area contributed by atoms with E-state index in [-0.39, 0.29) is 17.9 Å². The molecule has 0 saturated heterocycles. The molecular formula is C10H13N2O4-. The Bertz CT molecular complexity index is 408. The highest BCUT2D eigenvalue weighted by molar-refractivity contribution is 5.76. The Morgan fingerprint density at radius 2 is 2.12 bits per heavy atom. The molecule has 0 aliphatic heterocycles. The topological polar surface area (TPSA) is 119 Å². The van der Waals surface area contributed by atoms with E-state index in [0.29, 0.717) is 5.56 Å². The van der Waals surface area contributed by atoms with Crippen LogP contribution in [0.1, 0.15) is 12.5 Å². The number of nitrogens with two attached hydrogens (primary N) is 1. The van der Waals surface area contributed by atoms with E-state index >= 15 is 0 Å². The molecule has 1 rings (SSSR count). The average Bonchev–Trinajstić information content (AvgIpc) is 2.23. The molecule has 1 aromatic carbocycles. The van der Waals surface area contributed by atoms with E-state index in [9.17, 15) is 15.0 Å². The molecule has 0 bridgehead atoms. The summed E-state index contributed by atoms with van der Waals surface area (Å²) in [6.45, 7) is 1.37. The van der Waals surface area contributed by atoms with Crippen molar-refractivity contribution < 1.29 is 20.1 Å². The summed E-state index contributed by atoms with van der Waals surface area (Å²) < 4.78 is 0. The second kappa shape index (κ2) is 4.38. The van der Waals surface area contributed by atoms with Gasteiger partial charge in [-0.3, -0.25) is 5.84 Å². The maximum Gasteiger partial charge on any atom is 0.157 e. The number of carbonyl (C=O) groups is 1. The Kier molecular flexibility index (Phi) is 3.36. The molecule has 0 aliphatic rings. The van der Waals surface area contributed by atoms with Gasteiger partial charge < -0.3 is 20.1 Å². The van der Waals surface area contributed by atoms with Crippen LogP contribution in [0.25, 0.3) is 0 Å². The lowest BCUT2D eigenvalue weighted by Gasteiger charge is -2.29. The lowest BCUT2D eigenvalue weighted by molar-refractivity contribution is -0.313. The van der Waals surface area contributed by atoms with Crippen molar-refractivity contribution in [3.63, 3.8) is 0 Å². The number of carboxylic acid groups (broad SMARTS) is 1. The summed E-state index contributed by atoms with van der Waals surface area (Å²) in [6, 6.07) is 4.04. The van der Waals surface area contributed by atoms with Crippen molar-refractivity contribution in [2.75, 3.05) is 0 Å². The van der Waals surface area contributed by atoms with Gasteiger partial charge in [0.15, 0.2) is 11.5 Å². The van der Waals surface area contributed by atoms with Gasteiger partial charge >= 0.3 is 0 Å². The van der Waals surface area contributed by atoms with Crippen molar-refractivity contribution in [3.05, 3.63) is 23.8 Å². The third kappa shape index (κ3) is 2.41. The molecular weight excluding hydrogens is 212 g/mol. The van der Waals surface area contributed by atoms with Crippen LogP contribution >= 0.6 is 0 Å². The van der Waals surface area contributed by atoms with Gasteiger partial charge in [-0.25, -0.2) is 5.43 Å². The van der Waals surface area contributed by atoms with E-state index in [1.165, 1.54) is 25.1 Å². The van der Waals surface area contributed by atoms with Gasteiger partial charge in [-0.15, -0.1) is 0 Å². The number of phenolic OH excluding ortho intramolecular Hbond substituents is 2. The highest BCUT2D eigenvalue weighted by Gasteiger charge is 2.24. The summed E-state index contributed by atoms with van der Waals surface area (Å²) in [5, 5.41) is 29.2. The predicted molar refractivity (Wildman–Crippen MR) is 54.2 cm³/mol. The van der Waals surface area contributed by atoms with Gasteiger partial charge in [0, 0.05) is 0 Å². The maximum absolute atomic E-state index is 10.8. The zero-order valence-corrected chi connectivity index (χ0v) is 8.73. The highest BCUT2D eigenvalue weighted by Crippen LogP contribution is 2.26. The fraction of sp³-hybridized carbons (Fsp3) is 0.300. The van der Waals surface area contributed by atoms with Crippen molar-refractivity contribution in [2.45, 2.75) is 18.9 Å². The van der Waals surface area contributed by atoms with Crippen LogP contribution in [0.4, 0.5) is 0 Å². The number of hydrazine groups is 1. The number of aromatic hydroxyl groups is 2. The molecule has 6 heteroatoms. The molecule has 16 heavy (non-hydrogen) atoms. The predicted octanol–water partition coefficient (Wildman–Crippen LogP) is -1.39. The second-order valence-corrected chi connectivity index (χ2v) is 3.76. The Morgan fingerprint density at radius 1 is 1.50 bits per heavy atom. The van der Waals surface area contributed by atoms with Crippen molar-refractivity contribution in [1.82, 2.24) is 5.43 Å². The van der Waals surface area contributed by atoms with Crippen LogP contribution in [0.15, 0.2) is 18.2 Å². The monoisotopic (exact) mass is 225 g/mol. The molecule has 0 aliphatic carbocycles. The summed E-state index contributed by atoms with van der Waals surface area (Å²) in [5.41, 5.74) is 1.24. The van der Waals surface area contributed by atoms with E-state index < -0.39 is 11.5 Å². The zero-order chi connectivity index (χ0) is 12.3. The number of nitrogens with one attached hydrogen (secondary N) is 1. The van der Waals surface area contributed by atoms with Crippen LogP contribution in [0.5, 0.6) is 11.5 Å². The molecule has 0 radical (unpaired) electrons. The van der Waals surface area contributed by atoms with Crippen LogP contribution in [-0.2, 0) is 11.2 Å². The minimum atomic E-state index is -1.43. The fourth-order valence-electron chi connectivity index (χ4n) is 1.27. The molecule has 0 aromatic heterocycles. The Morgan fingerprint density at radius 3 is 2.56 bits per heavy atom. The second-order valence-electron chi connectivity index (χ2n) is 3.76. The lowest BCUT2D eigenvalue weighted by atomic mass is 9.93. The van der Waals surface area contributed by atoms with Crippen molar-refractivity contribution in [2.24, 2.45) is 5.84 Å². The van der Waals surface area contributed by atoms with E-state index in [0.717, 1.165) is 0 Å². The third-order valence-electron chi connectivity index (χ3n) is 2.37. The first kappa shape index (κ1) is 12.3. The van der Waals surface area contributed by atoms with E-state index in [1.54, 1.807) is 0 Å². The van der Waals surface area contributed by atoms with Crippen molar-refractivity contribution >= 4 is 5.97 Å². The number of aliphatic carboxylic acids is 1. The molecule has 0 unspecified atom stereocenters. The molecule has 88 valence electrons. The minimum Gasteiger partial charge on any atom is -0.548 e. The van der Waals surface area contributed by atoms with Gasteiger partial charge in [0.2, 0.25) is 0 Å². The Hall–Kier alpha value is -1.79. The van der Waals surface area contributed by atoms with E-state index in [4.69, 9.17) is 10.9 Å². The molecule has 5 N–H and O–H groups in total. The normalized spacial score (nSPS) is 14.4. The minimum absolute atomic E-state index is 0.0275. The first-order valence-electron chi connectivity index (χ1n) is 4.59. The molecule has 1 atom stereocenters. The molecule has 0 spiro atoms. The fourth-order valence-corrected chi connectivity index (χ4v) is 1.27. The number of phenols is 2. The summed E-state index contributed by atoms with van der Waals surface area (Å²) in [6.07, 6.45) is 0.0275. The van der Waals surface area contributed by atoms with Gasteiger partial charge in [0.25, 0.3) is 0 Å². The molecule has 0 amide bonds. The highest BCUT2D eigenvalue weighted by atomic mass is 16.4. The van der Waals surface area contributed by atoms with Crippen molar-refractivity contribution in [1.29, 1.82) is 0 Å². The van der Waals surface area contributed by atoms with Crippen LogP contribution in [-0.4, -0.2) is 21.7 Å². The van der Waals surface area contributed by atoms with Gasteiger partial charge in [0.05, 0.1) is 11.5 Å². The smallest absolute Gasteiger partial charge is 0.157 e. The molecule has 0 heterocycles. The number of benzene rings is 1. The average molecular weight is 225 g/mol. The number of carbonyl (C=O) groups excluding carboxylic acids is 1. The molecule has 0 fully saturated rings. The summed E-state index contributed by atoms with van der Waals surface area (Å²) in [5.74, 6) is 3.22. The van der Waals surface area contributed by atoms with E-state index in [2.05, 4.69) is 5.43 Å². The Labute approximate surface area is 92.3 Å². The van der Waals surface area contributed by atoms with Crippen LogP contribution in [0.2, 0.25) is 0 Å². The van der Waals surface area contributed by atoms with Crippen molar-refractivity contribution in [3.8, 4) is 11.5 Å². The first-order valence-corrected chi connectivity index (χ1v) is 4.59. The summed E-state index contributed by atoms with van der Waals surface area (Å²) >= 11 is 0. The quantitative estimate of drug-likeness (QED) is 0.284. The lowest BCUT2D eigenvalue weighted by Crippen LogP contribution is -2.60. The van der Waals surface area contributed by atoms with Crippen LogP contribution in [0, 0.1) is 0 Å². The summed E-state index contributed by atoms with van der Waals surface area (Å²) in [4.78, 5) is 10.8. The van der Waals surface area contributed by atoms with Crippen LogP contribution in [0.3, 0.4) is 0 Å². The van der Waals surface area contributed by atoms with Gasteiger partial charge in [-0.05, 0) is 31.0 Å². The molecule has 6 nitrogen and oxygen atoms in total. The SMILES string of the molecule is C[C@@](Cc1ccc(O)c(O)c1)(NN)C(=O)[O-]. The van der Waals surface area contributed by atoms with E-state index in [1.807, 2.05) is 0 Å². The maximum atomic E-state index is 10.8.